The zero-order valence-corrected chi connectivity index (χ0v) is 9.71. The molecule has 0 aromatic carbocycles. The van der Waals surface area contributed by atoms with Gasteiger partial charge in [0.1, 0.15) is 5.75 Å². The average molecular weight is 224 g/mol. The van der Waals surface area contributed by atoms with Gasteiger partial charge < -0.3 is 4.74 Å². The summed E-state index contributed by atoms with van der Waals surface area (Å²) in [5.74, 6) is 7.25. The van der Waals surface area contributed by atoms with Crippen LogP contribution in [0.3, 0.4) is 0 Å². The number of aromatic nitrogens is 1. The number of hydrogen-bond donors (Lipinski definition) is 0. The zero-order chi connectivity index (χ0) is 11.1. The average Bonchev–Trinajstić information content (AvgIpc) is 2.18. The molecule has 0 aliphatic heterocycles. The van der Waals surface area contributed by atoms with E-state index in [1.54, 1.807) is 12.4 Å². The van der Waals surface area contributed by atoms with Crippen LogP contribution in [0.2, 0.25) is 0 Å². The Balaban J connectivity index is 2.71. The van der Waals surface area contributed by atoms with Gasteiger partial charge in [-0.2, -0.15) is 0 Å². The van der Waals surface area contributed by atoms with E-state index in [9.17, 15) is 0 Å². The Morgan fingerprint density at radius 2 is 2.27 bits per heavy atom. The van der Waals surface area contributed by atoms with Crippen molar-refractivity contribution in [3.05, 3.63) is 24.0 Å². The molecule has 0 amide bonds. The van der Waals surface area contributed by atoms with Crippen molar-refractivity contribution in [1.29, 1.82) is 0 Å². The quantitative estimate of drug-likeness (QED) is 0.581. The number of ether oxygens (including phenoxy) is 1. The molecule has 0 saturated heterocycles. The Labute approximate surface area is 95.6 Å². The van der Waals surface area contributed by atoms with Crippen LogP contribution < -0.4 is 4.74 Å². The van der Waals surface area contributed by atoms with Gasteiger partial charge in [-0.15, -0.1) is 11.6 Å². The molecule has 0 aliphatic carbocycles. The first-order valence-electron chi connectivity index (χ1n) is 4.89. The van der Waals surface area contributed by atoms with E-state index < -0.39 is 0 Å². The van der Waals surface area contributed by atoms with E-state index in [4.69, 9.17) is 16.3 Å². The molecule has 15 heavy (non-hydrogen) atoms. The van der Waals surface area contributed by atoms with Crippen LogP contribution in [0.25, 0.3) is 0 Å². The van der Waals surface area contributed by atoms with Crippen LogP contribution in [0, 0.1) is 11.8 Å². The Morgan fingerprint density at radius 3 is 2.93 bits per heavy atom. The van der Waals surface area contributed by atoms with Gasteiger partial charge in [-0.25, -0.2) is 0 Å². The third-order valence-corrected chi connectivity index (χ3v) is 1.73. The van der Waals surface area contributed by atoms with Crippen molar-refractivity contribution in [2.45, 2.75) is 26.4 Å². The molecule has 0 fully saturated rings. The summed E-state index contributed by atoms with van der Waals surface area (Å²) < 4.78 is 5.50. The van der Waals surface area contributed by atoms with Crippen LogP contribution in [0.5, 0.6) is 5.75 Å². The van der Waals surface area contributed by atoms with Crippen molar-refractivity contribution >= 4 is 11.6 Å². The predicted molar refractivity (Wildman–Crippen MR) is 62.2 cm³/mol. The lowest BCUT2D eigenvalue weighted by Crippen LogP contribution is -2.05. The molecule has 0 aliphatic rings. The Morgan fingerprint density at radius 1 is 1.47 bits per heavy atom. The number of pyridine rings is 1. The molecule has 0 bridgehead atoms. The van der Waals surface area contributed by atoms with E-state index in [0.29, 0.717) is 12.3 Å². The minimum absolute atomic E-state index is 0.151. The highest BCUT2D eigenvalue weighted by molar-refractivity contribution is 6.18. The van der Waals surface area contributed by atoms with E-state index in [1.165, 1.54) is 0 Å². The van der Waals surface area contributed by atoms with Gasteiger partial charge in [0, 0.05) is 24.1 Å². The fraction of sp³-hybridized carbons (Fsp3) is 0.417. The van der Waals surface area contributed by atoms with Crippen LogP contribution >= 0.6 is 11.6 Å². The molecule has 0 radical (unpaired) electrons. The first kappa shape index (κ1) is 11.9. The summed E-state index contributed by atoms with van der Waals surface area (Å²) in [7, 11) is 0. The Hall–Kier alpha value is -1.20. The van der Waals surface area contributed by atoms with E-state index in [0.717, 1.165) is 11.3 Å². The van der Waals surface area contributed by atoms with E-state index in [2.05, 4.69) is 16.8 Å². The van der Waals surface area contributed by atoms with Gasteiger partial charge in [0.25, 0.3) is 0 Å². The van der Waals surface area contributed by atoms with Gasteiger partial charge in [-0.3, -0.25) is 4.98 Å². The van der Waals surface area contributed by atoms with Crippen molar-refractivity contribution in [3.8, 4) is 17.6 Å². The molecular weight excluding hydrogens is 210 g/mol. The molecule has 0 saturated carbocycles. The Bertz CT molecular complexity index is 365. The van der Waals surface area contributed by atoms with Gasteiger partial charge in [-0.1, -0.05) is 11.8 Å². The molecule has 3 heteroatoms. The molecular formula is C12H14ClNO. The normalized spacial score (nSPS) is 9.60. The summed E-state index contributed by atoms with van der Waals surface area (Å²) >= 11 is 5.53. The second-order valence-corrected chi connectivity index (χ2v) is 3.69. The maximum atomic E-state index is 5.53. The fourth-order valence-electron chi connectivity index (χ4n) is 1.04. The number of nitrogens with zero attached hydrogens (tertiary/aromatic N) is 1. The van der Waals surface area contributed by atoms with Crippen molar-refractivity contribution in [3.63, 3.8) is 0 Å². The standard InChI is InChI=1S/C12H14ClNO/c1-10(2)15-12-7-11(8-14-9-12)5-3-4-6-13/h7-10H,4,6H2,1-2H3. The molecule has 2 nitrogen and oxygen atoms in total. The SMILES string of the molecule is CC(C)Oc1cncc(C#CCCCl)c1. The van der Waals surface area contributed by atoms with Crippen molar-refractivity contribution in [2.75, 3.05) is 5.88 Å². The molecule has 0 spiro atoms. The van der Waals surface area contributed by atoms with E-state index in [1.807, 2.05) is 19.9 Å². The first-order valence-corrected chi connectivity index (χ1v) is 5.42. The maximum Gasteiger partial charge on any atom is 0.139 e. The zero-order valence-electron chi connectivity index (χ0n) is 8.96. The number of rotatable bonds is 3. The largest absolute Gasteiger partial charge is 0.489 e. The maximum absolute atomic E-state index is 5.53. The summed E-state index contributed by atoms with van der Waals surface area (Å²) in [6, 6.07) is 1.88. The first-order chi connectivity index (χ1) is 7.22. The van der Waals surface area contributed by atoms with Crippen molar-refractivity contribution in [2.24, 2.45) is 0 Å². The molecule has 80 valence electrons. The van der Waals surface area contributed by atoms with E-state index >= 15 is 0 Å². The van der Waals surface area contributed by atoms with Crippen molar-refractivity contribution < 1.29 is 4.74 Å². The highest BCUT2D eigenvalue weighted by Crippen LogP contribution is 2.12. The van der Waals surface area contributed by atoms with Crippen LogP contribution in [0.15, 0.2) is 18.5 Å². The topological polar surface area (TPSA) is 22.1 Å². The fourth-order valence-corrected chi connectivity index (χ4v) is 1.13. The summed E-state index contributed by atoms with van der Waals surface area (Å²) in [4.78, 5) is 4.06. The third-order valence-electron chi connectivity index (χ3n) is 1.54. The summed E-state index contributed by atoms with van der Waals surface area (Å²) in [6.45, 7) is 3.96. The summed E-state index contributed by atoms with van der Waals surface area (Å²) in [6.07, 6.45) is 4.25. The van der Waals surface area contributed by atoms with Crippen LogP contribution in [-0.4, -0.2) is 17.0 Å². The minimum atomic E-state index is 0.151. The van der Waals surface area contributed by atoms with Gasteiger partial charge in [0.05, 0.1) is 12.3 Å². The second-order valence-electron chi connectivity index (χ2n) is 3.32. The minimum Gasteiger partial charge on any atom is -0.489 e. The second kappa shape index (κ2) is 6.31. The van der Waals surface area contributed by atoms with Crippen molar-refractivity contribution in [1.82, 2.24) is 4.98 Å². The molecule has 1 heterocycles. The molecule has 1 aromatic rings. The molecule has 1 aromatic heterocycles. The van der Waals surface area contributed by atoms with Gasteiger partial charge in [0.2, 0.25) is 0 Å². The van der Waals surface area contributed by atoms with Crippen LogP contribution in [-0.2, 0) is 0 Å². The number of hydrogen-bond acceptors (Lipinski definition) is 2. The number of halogens is 1. The summed E-state index contributed by atoms with van der Waals surface area (Å²) in [5.41, 5.74) is 0.860. The van der Waals surface area contributed by atoms with Crippen LogP contribution in [0.1, 0.15) is 25.8 Å². The lowest BCUT2D eigenvalue weighted by atomic mass is 10.2. The molecule has 0 N–H and O–H groups in total. The lowest BCUT2D eigenvalue weighted by Gasteiger charge is -2.08. The molecule has 1 rings (SSSR count). The molecule has 0 unspecified atom stereocenters. The molecule has 0 atom stereocenters. The van der Waals surface area contributed by atoms with Crippen LogP contribution in [0.4, 0.5) is 0 Å². The monoisotopic (exact) mass is 223 g/mol. The Kier molecular flexibility index (Phi) is 5.00. The van der Waals surface area contributed by atoms with E-state index in [-0.39, 0.29) is 6.10 Å². The number of alkyl halides is 1. The highest BCUT2D eigenvalue weighted by atomic mass is 35.5. The van der Waals surface area contributed by atoms with Gasteiger partial charge >= 0.3 is 0 Å². The summed E-state index contributed by atoms with van der Waals surface area (Å²) in [5, 5.41) is 0. The predicted octanol–water partition coefficient (Wildman–Crippen LogP) is 2.85. The lowest BCUT2D eigenvalue weighted by molar-refractivity contribution is 0.241. The smallest absolute Gasteiger partial charge is 0.139 e. The van der Waals surface area contributed by atoms with Gasteiger partial charge in [-0.05, 0) is 19.9 Å². The highest BCUT2D eigenvalue weighted by Gasteiger charge is 1.98. The third kappa shape index (κ3) is 4.71. The van der Waals surface area contributed by atoms with Gasteiger partial charge in [0.15, 0.2) is 0 Å².